The van der Waals surface area contributed by atoms with Crippen molar-refractivity contribution in [2.75, 3.05) is 13.1 Å². The fourth-order valence-electron chi connectivity index (χ4n) is 1.54. The lowest BCUT2D eigenvalue weighted by molar-refractivity contribution is -0.149. The summed E-state index contributed by atoms with van der Waals surface area (Å²) in [6, 6.07) is 1.06. The minimum absolute atomic E-state index is 0.559. The van der Waals surface area contributed by atoms with E-state index in [0.29, 0.717) is 4.90 Å². The Kier molecular flexibility index (Phi) is 5.00. The summed E-state index contributed by atoms with van der Waals surface area (Å²) in [5.41, 5.74) is -1.32. The van der Waals surface area contributed by atoms with Crippen molar-refractivity contribution in [2.24, 2.45) is 7.05 Å². The smallest absolute Gasteiger partial charge is 0.331 e. The molecule has 0 spiro atoms. The van der Waals surface area contributed by atoms with E-state index < -0.39 is 48.7 Å². The fraction of sp³-hybridized carbons (Fsp3) is 0.364. The van der Waals surface area contributed by atoms with Crippen molar-refractivity contribution < 1.29 is 24.6 Å². The molecule has 1 aromatic rings. The van der Waals surface area contributed by atoms with Gasteiger partial charge in [0.2, 0.25) is 5.91 Å². The SMILES string of the molecule is Cn1c(=O)ccn(CC(=O)N(CC(=O)O)CC(=O)O)c1=O. The van der Waals surface area contributed by atoms with Crippen LogP contribution in [-0.4, -0.2) is 55.2 Å². The van der Waals surface area contributed by atoms with Crippen LogP contribution in [0.3, 0.4) is 0 Å². The molecule has 0 saturated heterocycles. The molecule has 10 nitrogen and oxygen atoms in total. The Morgan fingerprint density at radius 2 is 1.67 bits per heavy atom. The van der Waals surface area contributed by atoms with Gasteiger partial charge in [0, 0.05) is 19.3 Å². The summed E-state index contributed by atoms with van der Waals surface area (Å²) in [5, 5.41) is 17.3. The molecule has 0 radical (unpaired) electrons. The zero-order chi connectivity index (χ0) is 16.2. The van der Waals surface area contributed by atoms with Gasteiger partial charge >= 0.3 is 17.6 Å². The van der Waals surface area contributed by atoms with Gasteiger partial charge in [-0.05, 0) is 0 Å². The monoisotopic (exact) mass is 299 g/mol. The third-order valence-electron chi connectivity index (χ3n) is 2.57. The van der Waals surface area contributed by atoms with Crippen LogP contribution in [0.5, 0.6) is 0 Å². The molecular weight excluding hydrogens is 286 g/mol. The van der Waals surface area contributed by atoms with E-state index in [2.05, 4.69) is 0 Å². The number of amides is 1. The summed E-state index contributed by atoms with van der Waals surface area (Å²) in [4.78, 5) is 56.6. The third-order valence-corrected chi connectivity index (χ3v) is 2.57. The van der Waals surface area contributed by atoms with Crippen molar-refractivity contribution in [3.63, 3.8) is 0 Å². The van der Waals surface area contributed by atoms with E-state index in [4.69, 9.17) is 10.2 Å². The molecule has 1 rings (SSSR count). The van der Waals surface area contributed by atoms with Crippen LogP contribution in [0.4, 0.5) is 0 Å². The Balaban J connectivity index is 2.99. The van der Waals surface area contributed by atoms with Crippen molar-refractivity contribution >= 4 is 17.8 Å². The van der Waals surface area contributed by atoms with Gasteiger partial charge in [0.15, 0.2) is 0 Å². The molecule has 1 aromatic heterocycles. The quantitative estimate of drug-likeness (QED) is 0.594. The van der Waals surface area contributed by atoms with Crippen molar-refractivity contribution in [3.8, 4) is 0 Å². The van der Waals surface area contributed by atoms with Crippen LogP contribution in [0.15, 0.2) is 21.9 Å². The van der Waals surface area contributed by atoms with Crippen LogP contribution >= 0.6 is 0 Å². The Bertz CT molecular complexity index is 672. The largest absolute Gasteiger partial charge is 0.480 e. The molecule has 0 fully saturated rings. The number of rotatable bonds is 6. The maximum absolute atomic E-state index is 11.9. The second kappa shape index (κ2) is 6.50. The molecular formula is C11H13N3O7. The number of hydrogen-bond acceptors (Lipinski definition) is 5. The lowest BCUT2D eigenvalue weighted by atomic mass is 10.4. The van der Waals surface area contributed by atoms with Crippen LogP contribution in [0.25, 0.3) is 0 Å². The van der Waals surface area contributed by atoms with E-state index in [1.165, 1.54) is 7.05 Å². The molecule has 0 aliphatic heterocycles. The first-order chi connectivity index (χ1) is 9.72. The number of carbonyl (C=O) groups excluding carboxylic acids is 1. The van der Waals surface area contributed by atoms with Gasteiger partial charge in [-0.3, -0.25) is 28.3 Å². The van der Waals surface area contributed by atoms with Crippen molar-refractivity contribution in [3.05, 3.63) is 33.1 Å². The molecule has 21 heavy (non-hydrogen) atoms. The highest BCUT2D eigenvalue weighted by molar-refractivity contribution is 5.84. The molecule has 0 unspecified atom stereocenters. The minimum atomic E-state index is -1.38. The molecule has 2 N–H and O–H groups in total. The normalized spacial score (nSPS) is 10.1. The first kappa shape index (κ1) is 16.1. The number of carboxylic acids is 2. The van der Waals surface area contributed by atoms with Crippen LogP contribution in [0.1, 0.15) is 0 Å². The summed E-state index contributed by atoms with van der Waals surface area (Å²) >= 11 is 0. The van der Waals surface area contributed by atoms with Crippen LogP contribution in [0.2, 0.25) is 0 Å². The van der Waals surface area contributed by atoms with Crippen LogP contribution in [-0.2, 0) is 28.0 Å². The molecule has 0 bridgehead atoms. The van der Waals surface area contributed by atoms with E-state index in [1.54, 1.807) is 0 Å². The number of aliphatic carboxylic acids is 2. The number of aromatic nitrogens is 2. The van der Waals surface area contributed by atoms with Crippen LogP contribution < -0.4 is 11.2 Å². The first-order valence-electron chi connectivity index (χ1n) is 5.70. The molecule has 1 amide bonds. The lowest BCUT2D eigenvalue weighted by Gasteiger charge is -2.19. The average molecular weight is 299 g/mol. The van der Waals surface area contributed by atoms with E-state index in [0.717, 1.165) is 21.4 Å². The number of nitrogens with zero attached hydrogens (tertiary/aromatic N) is 3. The van der Waals surface area contributed by atoms with Crippen molar-refractivity contribution in [1.29, 1.82) is 0 Å². The minimum Gasteiger partial charge on any atom is -0.480 e. The molecule has 0 aliphatic rings. The summed E-state index contributed by atoms with van der Waals surface area (Å²) in [5.74, 6) is -3.62. The topological polar surface area (TPSA) is 139 Å². The molecule has 0 aliphatic carbocycles. The second-order valence-electron chi connectivity index (χ2n) is 4.16. The van der Waals surface area contributed by atoms with Crippen LogP contribution in [0, 0.1) is 0 Å². The van der Waals surface area contributed by atoms with E-state index in [1.807, 2.05) is 0 Å². The second-order valence-corrected chi connectivity index (χ2v) is 4.16. The van der Waals surface area contributed by atoms with E-state index in [-0.39, 0.29) is 0 Å². The fourth-order valence-corrected chi connectivity index (χ4v) is 1.54. The van der Waals surface area contributed by atoms with E-state index >= 15 is 0 Å². The van der Waals surface area contributed by atoms with Gasteiger partial charge in [-0.15, -0.1) is 0 Å². The molecule has 114 valence electrons. The highest BCUT2D eigenvalue weighted by Gasteiger charge is 2.20. The van der Waals surface area contributed by atoms with Gasteiger partial charge in [-0.1, -0.05) is 0 Å². The Labute approximate surface area is 117 Å². The standard InChI is InChI=1S/C11H13N3O7/c1-12-7(15)2-3-13(11(12)21)4-8(16)14(5-9(17)18)6-10(19)20/h2-3H,4-6H2,1H3,(H,17,18)(H,19,20). The van der Waals surface area contributed by atoms with Gasteiger partial charge in [-0.2, -0.15) is 0 Å². The Hall–Kier alpha value is -2.91. The van der Waals surface area contributed by atoms with Gasteiger partial charge in [0.25, 0.3) is 5.56 Å². The molecule has 10 heteroatoms. The Morgan fingerprint density at radius 1 is 1.14 bits per heavy atom. The van der Waals surface area contributed by atoms with Gasteiger partial charge in [0.1, 0.15) is 19.6 Å². The molecule has 0 saturated carbocycles. The number of hydrogen-bond donors (Lipinski definition) is 2. The van der Waals surface area contributed by atoms with Crippen molar-refractivity contribution in [2.45, 2.75) is 6.54 Å². The summed E-state index contributed by atoms with van der Waals surface area (Å²) in [6.45, 7) is -2.16. The van der Waals surface area contributed by atoms with E-state index in [9.17, 15) is 24.0 Å². The summed E-state index contributed by atoms with van der Waals surface area (Å²) < 4.78 is 1.66. The predicted molar refractivity (Wildman–Crippen MR) is 67.8 cm³/mol. The maximum Gasteiger partial charge on any atom is 0.331 e. The third kappa shape index (κ3) is 4.30. The van der Waals surface area contributed by atoms with Crippen molar-refractivity contribution in [1.82, 2.24) is 14.0 Å². The highest BCUT2D eigenvalue weighted by Crippen LogP contribution is 1.93. The summed E-state index contributed by atoms with van der Waals surface area (Å²) in [6.07, 6.45) is 1.09. The predicted octanol–water partition coefficient (Wildman–Crippen LogP) is -2.46. The summed E-state index contributed by atoms with van der Waals surface area (Å²) in [7, 11) is 1.22. The molecule has 0 atom stereocenters. The first-order valence-corrected chi connectivity index (χ1v) is 5.70. The van der Waals surface area contributed by atoms with Gasteiger partial charge in [-0.25, -0.2) is 4.79 Å². The zero-order valence-corrected chi connectivity index (χ0v) is 11.1. The Morgan fingerprint density at radius 3 is 2.14 bits per heavy atom. The average Bonchev–Trinajstić information content (AvgIpc) is 2.37. The lowest BCUT2D eigenvalue weighted by Crippen LogP contribution is -2.44. The molecule has 1 heterocycles. The maximum atomic E-state index is 11.9. The highest BCUT2D eigenvalue weighted by atomic mass is 16.4. The number of carboxylic acid groups (broad SMARTS) is 2. The number of carbonyl (C=O) groups is 3. The van der Waals surface area contributed by atoms with Gasteiger partial charge < -0.3 is 15.1 Å². The molecule has 0 aromatic carbocycles. The van der Waals surface area contributed by atoms with Gasteiger partial charge in [0.05, 0.1) is 0 Å². The zero-order valence-electron chi connectivity index (χ0n) is 11.1.